The lowest BCUT2D eigenvalue weighted by Crippen LogP contribution is -2.12. The lowest BCUT2D eigenvalue weighted by Gasteiger charge is -2.17. The van der Waals surface area contributed by atoms with Gasteiger partial charge in [0.1, 0.15) is 20.9 Å². The maximum atomic E-state index is 14.1. The highest BCUT2D eigenvalue weighted by atomic mass is 127. The molecule has 0 spiro atoms. The van der Waals surface area contributed by atoms with Crippen molar-refractivity contribution >= 4 is 33.5 Å². The number of aromatic nitrogens is 3. The van der Waals surface area contributed by atoms with Crippen molar-refractivity contribution in [2.24, 2.45) is 0 Å². The molecular weight excluding hydrogens is 403 g/mol. The van der Waals surface area contributed by atoms with E-state index in [4.69, 9.17) is 4.74 Å². The number of hydrogen-bond acceptors (Lipinski definition) is 3. The van der Waals surface area contributed by atoms with Crippen molar-refractivity contribution in [2.75, 3.05) is 13.7 Å². The van der Waals surface area contributed by atoms with Crippen molar-refractivity contribution in [2.45, 2.75) is 5.92 Å². The molecule has 0 saturated carbocycles. The first-order chi connectivity index (χ1) is 10.6. The molecule has 114 valence electrons. The third-order valence-electron chi connectivity index (χ3n) is 3.44. The highest BCUT2D eigenvalue weighted by molar-refractivity contribution is 14.1. The Morgan fingerprint density at radius 1 is 1.32 bits per heavy atom. The molecule has 7 heteroatoms. The van der Waals surface area contributed by atoms with Gasteiger partial charge in [0.2, 0.25) is 0 Å². The molecule has 0 bridgehead atoms. The zero-order valence-electron chi connectivity index (χ0n) is 11.6. The van der Waals surface area contributed by atoms with Crippen LogP contribution in [0.25, 0.3) is 10.9 Å². The minimum atomic E-state index is -0.490. The van der Waals surface area contributed by atoms with E-state index < -0.39 is 17.6 Å². The highest BCUT2D eigenvalue weighted by Gasteiger charge is 2.21. The number of ether oxygens (including phenoxy) is 1. The summed E-state index contributed by atoms with van der Waals surface area (Å²) in [6.07, 6.45) is 1.61. The van der Waals surface area contributed by atoms with Gasteiger partial charge in [-0.1, -0.05) is 0 Å². The van der Waals surface area contributed by atoms with E-state index in [1.54, 1.807) is 6.20 Å². The summed E-state index contributed by atoms with van der Waals surface area (Å²) in [6.45, 7) is 0.202. The van der Waals surface area contributed by atoms with Crippen LogP contribution in [0.1, 0.15) is 17.2 Å². The van der Waals surface area contributed by atoms with Crippen molar-refractivity contribution in [3.8, 4) is 0 Å². The van der Waals surface area contributed by atoms with Crippen LogP contribution in [-0.4, -0.2) is 28.9 Å². The molecule has 1 atom stereocenters. The second kappa shape index (κ2) is 6.25. The van der Waals surface area contributed by atoms with Crippen LogP contribution in [0.5, 0.6) is 0 Å². The Morgan fingerprint density at radius 3 is 2.91 bits per heavy atom. The first kappa shape index (κ1) is 15.3. The van der Waals surface area contributed by atoms with Gasteiger partial charge in [-0.25, -0.2) is 8.78 Å². The summed E-state index contributed by atoms with van der Waals surface area (Å²) in [5.74, 6) is -1.46. The smallest absolute Gasteiger partial charge is 0.127 e. The number of fused-ring (bicyclic) bond motifs is 1. The minimum Gasteiger partial charge on any atom is -0.384 e. The molecule has 0 radical (unpaired) electrons. The molecular formula is C15H12F2IN3O. The maximum Gasteiger partial charge on any atom is 0.127 e. The molecule has 1 aromatic carbocycles. The second-order valence-electron chi connectivity index (χ2n) is 4.84. The monoisotopic (exact) mass is 415 g/mol. The predicted molar refractivity (Wildman–Crippen MR) is 86.7 cm³/mol. The van der Waals surface area contributed by atoms with Crippen LogP contribution < -0.4 is 0 Å². The molecule has 3 rings (SSSR count). The van der Waals surface area contributed by atoms with E-state index in [-0.39, 0.29) is 12.2 Å². The normalized spacial score (nSPS) is 12.7. The summed E-state index contributed by atoms with van der Waals surface area (Å²) in [7, 11) is 1.52. The first-order valence-electron chi connectivity index (χ1n) is 6.53. The Balaban J connectivity index is 2.12. The van der Waals surface area contributed by atoms with Gasteiger partial charge in [-0.3, -0.25) is 10.1 Å². The highest BCUT2D eigenvalue weighted by Crippen LogP contribution is 2.29. The molecule has 0 aliphatic carbocycles. The number of hydrogen-bond donors (Lipinski definition) is 1. The molecule has 0 aliphatic rings. The molecule has 0 aliphatic heterocycles. The Labute approximate surface area is 139 Å². The molecule has 0 saturated heterocycles. The van der Waals surface area contributed by atoms with Gasteiger partial charge in [0.05, 0.1) is 24.4 Å². The van der Waals surface area contributed by atoms with Crippen molar-refractivity contribution in [3.63, 3.8) is 0 Å². The standard InChI is InChI=1S/C15H12F2IN3O/c1-22-7-11(9-4-8(16)2-3-12(9)17)13-5-10-14(6-19-13)20-21-15(10)18/h2-6,11H,7H2,1H3,(H,20,21). The van der Waals surface area contributed by atoms with Gasteiger partial charge < -0.3 is 4.74 Å². The van der Waals surface area contributed by atoms with Gasteiger partial charge >= 0.3 is 0 Å². The molecule has 3 aromatic rings. The fraction of sp³-hybridized carbons (Fsp3) is 0.200. The number of aromatic amines is 1. The average Bonchev–Trinajstić information content (AvgIpc) is 2.88. The average molecular weight is 415 g/mol. The summed E-state index contributed by atoms with van der Waals surface area (Å²) in [5, 5.41) is 7.87. The summed E-state index contributed by atoms with van der Waals surface area (Å²) in [6, 6.07) is 5.23. The molecule has 0 amide bonds. The Hall–Kier alpha value is -1.61. The van der Waals surface area contributed by atoms with Crippen LogP contribution in [0.2, 0.25) is 0 Å². The van der Waals surface area contributed by atoms with E-state index in [1.807, 2.05) is 6.07 Å². The summed E-state index contributed by atoms with van der Waals surface area (Å²) < 4.78 is 33.6. The summed E-state index contributed by atoms with van der Waals surface area (Å²) in [5.41, 5.74) is 1.56. The van der Waals surface area contributed by atoms with Gasteiger partial charge in [-0.2, -0.15) is 5.10 Å². The third kappa shape index (κ3) is 2.82. The fourth-order valence-corrected chi connectivity index (χ4v) is 2.92. The van der Waals surface area contributed by atoms with Crippen molar-refractivity contribution in [1.82, 2.24) is 15.2 Å². The van der Waals surface area contributed by atoms with Crippen molar-refractivity contribution in [3.05, 3.63) is 57.1 Å². The molecule has 2 heterocycles. The van der Waals surface area contributed by atoms with E-state index in [2.05, 4.69) is 37.8 Å². The van der Waals surface area contributed by atoms with E-state index in [0.29, 0.717) is 5.69 Å². The van der Waals surface area contributed by atoms with Gasteiger partial charge in [0.25, 0.3) is 0 Å². The number of H-pyrrole nitrogens is 1. The lowest BCUT2D eigenvalue weighted by atomic mass is 9.94. The van der Waals surface area contributed by atoms with Crippen molar-refractivity contribution < 1.29 is 13.5 Å². The van der Waals surface area contributed by atoms with Crippen LogP contribution in [-0.2, 0) is 4.74 Å². The van der Waals surface area contributed by atoms with Crippen molar-refractivity contribution in [1.29, 1.82) is 0 Å². The second-order valence-corrected chi connectivity index (χ2v) is 5.92. The van der Waals surface area contributed by atoms with Gasteiger partial charge in [-0.05, 0) is 46.9 Å². The van der Waals surface area contributed by atoms with Crippen LogP contribution >= 0.6 is 22.6 Å². The van der Waals surface area contributed by atoms with Gasteiger partial charge in [-0.15, -0.1) is 0 Å². The topological polar surface area (TPSA) is 50.8 Å². The molecule has 2 aromatic heterocycles. The number of halogens is 3. The number of nitrogens with zero attached hydrogens (tertiary/aromatic N) is 2. The zero-order valence-corrected chi connectivity index (χ0v) is 13.8. The summed E-state index contributed by atoms with van der Waals surface area (Å²) in [4.78, 5) is 4.33. The SMILES string of the molecule is COCC(c1cc2c(I)[nH]nc2cn1)c1cc(F)ccc1F. The van der Waals surface area contributed by atoms with E-state index in [0.717, 1.165) is 26.7 Å². The molecule has 1 unspecified atom stereocenters. The van der Waals surface area contributed by atoms with Crippen LogP contribution in [0.3, 0.4) is 0 Å². The number of nitrogens with one attached hydrogen (secondary N) is 1. The van der Waals surface area contributed by atoms with Crippen LogP contribution in [0.15, 0.2) is 30.5 Å². The van der Waals surface area contributed by atoms with Crippen LogP contribution in [0.4, 0.5) is 8.78 Å². The summed E-state index contributed by atoms with van der Waals surface area (Å²) >= 11 is 2.13. The fourth-order valence-electron chi connectivity index (χ4n) is 2.37. The molecule has 4 nitrogen and oxygen atoms in total. The molecule has 22 heavy (non-hydrogen) atoms. The third-order valence-corrected chi connectivity index (χ3v) is 4.26. The van der Waals surface area contributed by atoms with E-state index >= 15 is 0 Å². The zero-order chi connectivity index (χ0) is 15.7. The first-order valence-corrected chi connectivity index (χ1v) is 7.61. The molecule has 1 N–H and O–H groups in total. The van der Waals surface area contributed by atoms with Gasteiger partial charge in [0.15, 0.2) is 0 Å². The Bertz CT molecular complexity index is 822. The van der Waals surface area contributed by atoms with Crippen LogP contribution in [0, 0.1) is 15.3 Å². The minimum absolute atomic E-state index is 0.202. The largest absolute Gasteiger partial charge is 0.384 e. The van der Waals surface area contributed by atoms with E-state index in [9.17, 15) is 8.78 Å². The lowest BCUT2D eigenvalue weighted by molar-refractivity contribution is 0.187. The number of pyridine rings is 1. The predicted octanol–water partition coefficient (Wildman–Crippen LogP) is 3.62. The molecule has 0 fully saturated rings. The Morgan fingerprint density at radius 2 is 2.14 bits per heavy atom. The van der Waals surface area contributed by atoms with Gasteiger partial charge in [0, 0.05) is 18.1 Å². The maximum absolute atomic E-state index is 14.1. The Kier molecular flexibility index (Phi) is 4.34. The quantitative estimate of drug-likeness (QED) is 0.663. The van der Waals surface area contributed by atoms with E-state index in [1.165, 1.54) is 13.2 Å². The number of benzene rings is 1. The number of methoxy groups -OCH3 is 1. The number of rotatable bonds is 4.